The molecule has 0 aliphatic carbocycles. The lowest BCUT2D eigenvalue weighted by molar-refractivity contribution is 0.112. The number of benzene rings is 3. The molecule has 196 valence electrons. The number of hydrogen-bond acceptors (Lipinski definition) is 6. The highest BCUT2D eigenvalue weighted by molar-refractivity contribution is 6.32. The molecule has 0 unspecified atom stereocenters. The summed E-state index contributed by atoms with van der Waals surface area (Å²) in [6.07, 6.45) is 2.29. The quantitative estimate of drug-likeness (QED) is 0.156. The SMILES string of the molecule is C=C(C#N)/C=C(\C)COc1cc(OCc2cccc(-c3ccc(O)c(OCC)c3C)c2C)c(Cl)cc1C=O. The van der Waals surface area contributed by atoms with Gasteiger partial charge in [-0.25, -0.2) is 0 Å². The number of hydrogen-bond donors (Lipinski definition) is 1. The third-order valence-corrected chi connectivity index (χ3v) is 6.30. The lowest BCUT2D eigenvalue weighted by Gasteiger charge is -2.18. The Morgan fingerprint density at radius 3 is 2.50 bits per heavy atom. The minimum absolute atomic E-state index is 0.109. The summed E-state index contributed by atoms with van der Waals surface area (Å²) in [5.41, 5.74) is 6.14. The van der Waals surface area contributed by atoms with Crippen molar-refractivity contribution in [3.63, 3.8) is 0 Å². The number of phenols is 1. The fourth-order valence-electron chi connectivity index (χ4n) is 4.02. The van der Waals surface area contributed by atoms with Crippen LogP contribution in [0.2, 0.25) is 5.02 Å². The van der Waals surface area contributed by atoms with Gasteiger partial charge >= 0.3 is 0 Å². The standard InChI is InChI=1S/C31H30ClNO5/c1-6-36-31-22(5)26(10-11-28(31)35)25-9-7-8-23(21(25)4)18-38-30-14-29(24(16-34)13-27(30)32)37-17-20(3)12-19(2)15-33/h7-14,16,35H,2,6,17-18H2,1,3-5H3/b20-12+. The Morgan fingerprint density at radius 2 is 1.82 bits per heavy atom. The molecule has 1 N–H and O–H groups in total. The van der Waals surface area contributed by atoms with Crippen LogP contribution in [-0.2, 0) is 6.61 Å². The summed E-state index contributed by atoms with van der Waals surface area (Å²) in [7, 11) is 0. The second-order valence-electron chi connectivity index (χ2n) is 8.75. The van der Waals surface area contributed by atoms with Crippen molar-refractivity contribution < 1.29 is 24.1 Å². The second kappa shape index (κ2) is 12.8. The van der Waals surface area contributed by atoms with Crippen LogP contribution in [0.5, 0.6) is 23.0 Å². The number of nitriles is 1. The normalized spacial score (nSPS) is 11.0. The Kier molecular flexibility index (Phi) is 9.59. The second-order valence-corrected chi connectivity index (χ2v) is 9.16. The molecule has 7 heteroatoms. The topological polar surface area (TPSA) is 88.8 Å². The van der Waals surface area contributed by atoms with Gasteiger partial charge in [-0.1, -0.05) is 42.4 Å². The highest BCUT2D eigenvalue weighted by Gasteiger charge is 2.16. The van der Waals surface area contributed by atoms with Crippen molar-refractivity contribution >= 4 is 17.9 Å². The van der Waals surface area contributed by atoms with Gasteiger partial charge in [0.1, 0.15) is 24.7 Å². The molecule has 0 aromatic heterocycles. The van der Waals surface area contributed by atoms with Gasteiger partial charge in [-0.05, 0) is 73.7 Å². The van der Waals surface area contributed by atoms with Gasteiger partial charge in [0.05, 0.1) is 23.3 Å². The van der Waals surface area contributed by atoms with E-state index in [1.807, 2.05) is 51.1 Å². The van der Waals surface area contributed by atoms with E-state index in [-0.39, 0.29) is 24.0 Å². The number of rotatable bonds is 11. The summed E-state index contributed by atoms with van der Waals surface area (Å²) in [5, 5.41) is 19.4. The first-order valence-electron chi connectivity index (χ1n) is 12.0. The molecule has 0 saturated carbocycles. The molecule has 0 heterocycles. The van der Waals surface area contributed by atoms with E-state index in [9.17, 15) is 9.90 Å². The third kappa shape index (κ3) is 6.56. The molecule has 3 aromatic rings. The third-order valence-electron chi connectivity index (χ3n) is 6.00. The Morgan fingerprint density at radius 1 is 1.08 bits per heavy atom. The monoisotopic (exact) mass is 531 g/mol. The molecule has 0 spiro atoms. The average molecular weight is 532 g/mol. The number of carbonyl (C=O) groups is 1. The molecule has 0 amide bonds. The fraction of sp³-hybridized carbons (Fsp3) is 0.226. The van der Waals surface area contributed by atoms with Crippen LogP contribution in [0.4, 0.5) is 0 Å². The zero-order valence-electron chi connectivity index (χ0n) is 21.9. The lowest BCUT2D eigenvalue weighted by Crippen LogP contribution is -2.04. The lowest BCUT2D eigenvalue weighted by atomic mass is 9.93. The number of ether oxygens (including phenoxy) is 3. The number of nitrogens with zero attached hydrogens (tertiary/aromatic N) is 1. The number of allylic oxidation sites excluding steroid dienone is 2. The first-order chi connectivity index (χ1) is 18.2. The summed E-state index contributed by atoms with van der Waals surface area (Å²) >= 11 is 6.41. The highest BCUT2D eigenvalue weighted by atomic mass is 35.5. The minimum atomic E-state index is 0.109. The number of aromatic hydroxyl groups is 1. The van der Waals surface area contributed by atoms with Crippen LogP contribution >= 0.6 is 11.6 Å². The molecule has 6 nitrogen and oxygen atoms in total. The van der Waals surface area contributed by atoms with Gasteiger partial charge in [0.15, 0.2) is 17.8 Å². The van der Waals surface area contributed by atoms with Crippen molar-refractivity contribution in [3.05, 3.63) is 93.5 Å². The van der Waals surface area contributed by atoms with Gasteiger partial charge < -0.3 is 19.3 Å². The number of phenolic OH excluding ortho intramolecular Hbond substituents is 1. The molecule has 0 saturated heterocycles. The molecule has 0 aliphatic rings. The van der Waals surface area contributed by atoms with E-state index in [1.165, 1.54) is 6.07 Å². The molecule has 0 bridgehead atoms. The molecular formula is C31H30ClNO5. The average Bonchev–Trinajstić information content (AvgIpc) is 2.90. The molecule has 0 fully saturated rings. The van der Waals surface area contributed by atoms with Crippen molar-refractivity contribution in [1.29, 1.82) is 5.26 Å². The predicted octanol–water partition coefficient (Wildman–Crippen LogP) is 7.52. The molecule has 38 heavy (non-hydrogen) atoms. The van der Waals surface area contributed by atoms with Crippen LogP contribution in [-0.4, -0.2) is 24.6 Å². The molecule has 0 radical (unpaired) electrons. The van der Waals surface area contributed by atoms with Crippen LogP contribution in [0.3, 0.4) is 0 Å². The van der Waals surface area contributed by atoms with Crippen molar-refractivity contribution in [2.75, 3.05) is 13.2 Å². The summed E-state index contributed by atoms with van der Waals surface area (Å²) in [6.45, 7) is 12.1. The van der Waals surface area contributed by atoms with Crippen molar-refractivity contribution in [3.8, 4) is 40.2 Å². The van der Waals surface area contributed by atoms with Gasteiger partial charge in [0, 0.05) is 17.2 Å². The Hall–Kier alpha value is -4.21. The van der Waals surface area contributed by atoms with Gasteiger partial charge in [0.25, 0.3) is 0 Å². The van der Waals surface area contributed by atoms with Crippen molar-refractivity contribution in [2.24, 2.45) is 0 Å². The Balaban J connectivity index is 1.86. The number of carbonyl (C=O) groups excluding carboxylic acids is 1. The van der Waals surface area contributed by atoms with Gasteiger partial charge in [-0.2, -0.15) is 5.26 Å². The van der Waals surface area contributed by atoms with E-state index in [4.69, 9.17) is 31.1 Å². The van der Waals surface area contributed by atoms with E-state index < -0.39 is 0 Å². The molecular weight excluding hydrogens is 502 g/mol. The van der Waals surface area contributed by atoms with Crippen LogP contribution < -0.4 is 14.2 Å². The van der Waals surface area contributed by atoms with E-state index in [0.717, 1.165) is 33.4 Å². The molecule has 0 atom stereocenters. The van der Waals surface area contributed by atoms with Gasteiger partial charge in [-0.3, -0.25) is 4.79 Å². The highest BCUT2D eigenvalue weighted by Crippen LogP contribution is 2.39. The predicted molar refractivity (Wildman–Crippen MR) is 149 cm³/mol. The van der Waals surface area contributed by atoms with Crippen LogP contribution in [0, 0.1) is 25.2 Å². The maximum Gasteiger partial charge on any atom is 0.164 e. The first-order valence-corrected chi connectivity index (χ1v) is 12.4. The fourth-order valence-corrected chi connectivity index (χ4v) is 4.25. The largest absolute Gasteiger partial charge is 0.504 e. The van der Waals surface area contributed by atoms with E-state index >= 15 is 0 Å². The first kappa shape index (κ1) is 28.4. The summed E-state index contributed by atoms with van der Waals surface area (Å²) in [5.74, 6) is 1.28. The minimum Gasteiger partial charge on any atom is -0.504 e. The maximum atomic E-state index is 11.6. The van der Waals surface area contributed by atoms with Crippen LogP contribution in [0.1, 0.15) is 40.9 Å². The van der Waals surface area contributed by atoms with Crippen molar-refractivity contribution in [2.45, 2.75) is 34.3 Å². The zero-order chi connectivity index (χ0) is 27.8. The number of aldehydes is 1. The maximum absolute atomic E-state index is 11.6. The number of halogens is 1. The smallest absolute Gasteiger partial charge is 0.164 e. The summed E-state index contributed by atoms with van der Waals surface area (Å²) in [4.78, 5) is 11.6. The Bertz CT molecular complexity index is 1440. The van der Waals surface area contributed by atoms with Gasteiger partial charge in [-0.15, -0.1) is 0 Å². The Labute approximate surface area is 228 Å². The van der Waals surface area contributed by atoms with E-state index in [0.29, 0.717) is 41.3 Å². The summed E-state index contributed by atoms with van der Waals surface area (Å²) in [6, 6.07) is 14.5. The van der Waals surface area contributed by atoms with E-state index in [2.05, 4.69) is 6.58 Å². The molecule has 3 rings (SSSR count). The van der Waals surface area contributed by atoms with Crippen LogP contribution in [0.25, 0.3) is 11.1 Å². The molecule has 3 aromatic carbocycles. The summed E-state index contributed by atoms with van der Waals surface area (Å²) < 4.78 is 17.5. The van der Waals surface area contributed by atoms with Gasteiger partial charge in [0.2, 0.25) is 0 Å². The van der Waals surface area contributed by atoms with Crippen molar-refractivity contribution in [1.82, 2.24) is 0 Å². The van der Waals surface area contributed by atoms with E-state index in [1.54, 1.807) is 25.1 Å². The van der Waals surface area contributed by atoms with Crippen LogP contribution in [0.15, 0.2) is 66.3 Å². The molecule has 0 aliphatic heterocycles. The zero-order valence-corrected chi connectivity index (χ0v) is 22.7.